The third-order valence-corrected chi connectivity index (χ3v) is 3.99. The molecule has 0 spiro atoms. The summed E-state index contributed by atoms with van der Waals surface area (Å²) in [7, 11) is -2.15. The molecule has 0 saturated heterocycles. The molecule has 8 heteroatoms. The lowest BCUT2D eigenvalue weighted by Gasteiger charge is -2.10. The van der Waals surface area contributed by atoms with E-state index in [2.05, 4.69) is 0 Å². The molecular weight excluding hydrogens is 360 g/mol. The van der Waals surface area contributed by atoms with Crippen LogP contribution in [-0.2, 0) is 10.1 Å². The second-order valence-electron chi connectivity index (χ2n) is 5.54. The van der Waals surface area contributed by atoms with Crippen LogP contribution in [-0.4, -0.2) is 21.8 Å². The molecule has 0 fully saturated rings. The van der Waals surface area contributed by atoms with Crippen molar-refractivity contribution in [3.63, 3.8) is 0 Å². The highest BCUT2D eigenvalue weighted by atomic mass is 32.2. The number of methoxy groups -OCH3 is 1. The molecular formula is C18H16O7S. The number of aryl methyl sites for hydroxylation is 1. The molecule has 0 radical (unpaired) electrons. The highest BCUT2D eigenvalue weighted by Crippen LogP contribution is 2.29. The maximum absolute atomic E-state index is 12.7. The van der Waals surface area contributed by atoms with Gasteiger partial charge < -0.3 is 18.1 Å². The van der Waals surface area contributed by atoms with Crippen molar-refractivity contribution in [2.75, 3.05) is 13.4 Å². The highest BCUT2D eigenvalue weighted by Gasteiger charge is 2.15. The third-order valence-electron chi connectivity index (χ3n) is 3.50. The summed E-state index contributed by atoms with van der Waals surface area (Å²) in [4.78, 5) is 12.7. The van der Waals surface area contributed by atoms with Gasteiger partial charge in [0.1, 0.15) is 28.6 Å². The first-order valence-electron chi connectivity index (χ1n) is 7.55. The van der Waals surface area contributed by atoms with Gasteiger partial charge in [-0.05, 0) is 31.2 Å². The van der Waals surface area contributed by atoms with E-state index in [9.17, 15) is 13.2 Å². The number of hydrogen-bond donors (Lipinski definition) is 0. The average Bonchev–Trinajstić information content (AvgIpc) is 2.57. The van der Waals surface area contributed by atoms with E-state index in [4.69, 9.17) is 18.1 Å². The van der Waals surface area contributed by atoms with Crippen LogP contribution in [0.4, 0.5) is 0 Å². The summed E-state index contributed by atoms with van der Waals surface area (Å²) in [6.07, 6.45) is 0.934. The number of benzene rings is 2. The van der Waals surface area contributed by atoms with E-state index in [1.165, 1.54) is 25.3 Å². The molecule has 0 N–H and O–H groups in total. The van der Waals surface area contributed by atoms with Gasteiger partial charge in [0.15, 0.2) is 0 Å². The first kappa shape index (κ1) is 17.8. The van der Waals surface area contributed by atoms with Crippen molar-refractivity contribution in [1.29, 1.82) is 0 Å². The van der Waals surface area contributed by atoms with E-state index in [-0.39, 0.29) is 33.7 Å². The van der Waals surface area contributed by atoms with Crippen LogP contribution in [0.3, 0.4) is 0 Å². The van der Waals surface area contributed by atoms with Crippen LogP contribution in [0.5, 0.6) is 23.0 Å². The van der Waals surface area contributed by atoms with Crippen molar-refractivity contribution >= 4 is 21.1 Å². The quantitative estimate of drug-likeness (QED) is 0.631. The van der Waals surface area contributed by atoms with Gasteiger partial charge in [0.2, 0.25) is 11.2 Å². The Labute approximate surface area is 149 Å². The summed E-state index contributed by atoms with van der Waals surface area (Å²) in [5.41, 5.74) is -0.177. The molecule has 3 rings (SSSR count). The molecule has 0 aliphatic rings. The lowest BCUT2D eigenvalue weighted by Crippen LogP contribution is -2.09. The maximum atomic E-state index is 12.7. The molecule has 1 aromatic heterocycles. The number of fused-ring (bicyclic) bond motifs is 1. The first-order chi connectivity index (χ1) is 12.3. The maximum Gasteiger partial charge on any atom is 0.306 e. The van der Waals surface area contributed by atoms with E-state index < -0.39 is 10.1 Å². The lowest BCUT2D eigenvalue weighted by molar-refractivity contribution is 0.404. The molecule has 1 heterocycles. The molecule has 0 saturated carbocycles. The predicted molar refractivity (Wildman–Crippen MR) is 95.8 cm³/mol. The van der Waals surface area contributed by atoms with Crippen LogP contribution >= 0.6 is 0 Å². The van der Waals surface area contributed by atoms with Crippen LogP contribution in [0.15, 0.2) is 51.7 Å². The zero-order valence-corrected chi connectivity index (χ0v) is 15.1. The minimum absolute atomic E-state index is 0.0440. The molecule has 0 aliphatic heterocycles. The average molecular weight is 376 g/mol. The molecule has 136 valence electrons. The minimum atomic E-state index is -3.68. The predicted octanol–water partition coefficient (Wildman–Crippen LogP) is 3.24. The van der Waals surface area contributed by atoms with Crippen molar-refractivity contribution < 1.29 is 26.5 Å². The molecule has 0 bridgehead atoms. The Hall–Kier alpha value is -3.00. The zero-order chi connectivity index (χ0) is 18.9. The molecule has 0 unspecified atom stereocenters. The van der Waals surface area contributed by atoms with Gasteiger partial charge in [-0.15, -0.1) is 0 Å². The summed E-state index contributed by atoms with van der Waals surface area (Å²) < 4.78 is 43.7. The van der Waals surface area contributed by atoms with Crippen molar-refractivity contribution in [3.8, 4) is 23.0 Å². The van der Waals surface area contributed by atoms with Gasteiger partial charge in [-0.1, -0.05) is 6.07 Å². The van der Waals surface area contributed by atoms with Crippen LogP contribution in [0, 0.1) is 6.92 Å². The van der Waals surface area contributed by atoms with Gasteiger partial charge >= 0.3 is 10.1 Å². The monoisotopic (exact) mass is 376 g/mol. The highest BCUT2D eigenvalue weighted by molar-refractivity contribution is 7.86. The standard InChI is InChI=1S/C18H16O7S/c1-11-18(24-13-6-4-5-12(9-13)22-2)17(19)15-8-7-14(10-16(15)23-11)25-26(3,20)21/h4-10H,1-3H3. The smallest absolute Gasteiger partial charge is 0.306 e. The second-order valence-corrected chi connectivity index (χ2v) is 7.12. The van der Waals surface area contributed by atoms with Crippen LogP contribution in [0.1, 0.15) is 5.76 Å². The van der Waals surface area contributed by atoms with Gasteiger partial charge in [0, 0.05) is 12.1 Å². The van der Waals surface area contributed by atoms with Crippen molar-refractivity contribution in [2.45, 2.75) is 6.92 Å². The summed E-state index contributed by atoms with van der Waals surface area (Å²) in [5, 5.41) is 0.245. The number of hydrogen-bond acceptors (Lipinski definition) is 7. The van der Waals surface area contributed by atoms with Crippen LogP contribution in [0.2, 0.25) is 0 Å². The Kier molecular flexibility index (Phi) is 4.60. The molecule has 0 aliphatic carbocycles. The van der Waals surface area contributed by atoms with E-state index in [0.29, 0.717) is 11.5 Å². The summed E-state index contributed by atoms with van der Waals surface area (Å²) in [6, 6.07) is 11.0. The zero-order valence-electron chi connectivity index (χ0n) is 14.3. The van der Waals surface area contributed by atoms with Gasteiger partial charge in [0.05, 0.1) is 18.8 Å². The van der Waals surface area contributed by atoms with E-state index in [1.807, 2.05) is 0 Å². The SMILES string of the molecule is COc1cccc(Oc2c(C)oc3cc(OS(C)(=O)=O)ccc3c2=O)c1. The minimum Gasteiger partial charge on any atom is -0.497 e. The van der Waals surface area contributed by atoms with Crippen molar-refractivity contribution in [3.05, 3.63) is 58.4 Å². The normalized spacial score (nSPS) is 11.3. The third kappa shape index (κ3) is 3.80. The Morgan fingerprint density at radius 3 is 2.42 bits per heavy atom. The Morgan fingerprint density at radius 2 is 1.73 bits per heavy atom. The fourth-order valence-electron chi connectivity index (χ4n) is 2.40. The summed E-state index contributed by atoms with van der Waals surface area (Å²) in [6.45, 7) is 1.58. The van der Waals surface area contributed by atoms with Gasteiger partial charge in [0.25, 0.3) is 0 Å². The molecule has 3 aromatic rings. The van der Waals surface area contributed by atoms with Crippen LogP contribution in [0.25, 0.3) is 11.0 Å². The Bertz CT molecular complexity index is 1130. The van der Waals surface area contributed by atoms with Crippen molar-refractivity contribution in [2.24, 2.45) is 0 Å². The fraction of sp³-hybridized carbons (Fsp3) is 0.167. The van der Waals surface area contributed by atoms with E-state index >= 15 is 0 Å². The van der Waals surface area contributed by atoms with E-state index in [0.717, 1.165) is 6.26 Å². The van der Waals surface area contributed by atoms with Crippen LogP contribution < -0.4 is 19.1 Å². The largest absolute Gasteiger partial charge is 0.497 e. The first-order valence-corrected chi connectivity index (χ1v) is 9.37. The second kappa shape index (κ2) is 6.72. The lowest BCUT2D eigenvalue weighted by atomic mass is 10.2. The van der Waals surface area contributed by atoms with Gasteiger partial charge in [-0.3, -0.25) is 4.79 Å². The topological polar surface area (TPSA) is 92.0 Å². The summed E-state index contributed by atoms with van der Waals surface area (Å²) >= 11 is 0. The summed E-state index contributed by atoms with van der Waals surface area (Å²) in [5.74, 6) is 1.37. The molecule has 0 amide bonds. The van der Waals surface area contributed by atoms with Gasteiger partial charge in [-0.2, -0.15) is 8.42 Å². The molecule has 2 aromatic carbocycles. The molecule has 26 heavy (non-hydrogen) atoms. The number of rotatable bonds is 5. The van der Waals surface area contributed by atoms with Gasteiger partial charge in [-0.25, -0.2) is 0 Å². The molecule has 7 nitrogen and oxygen atoms in total. The van der Waals surface area contributed by atoms with E-state index in [1.54, 1.807) is 31.2 Å². The van der Waals surface area contributed by atoms with Crippen molar-refractivity contribution in [1.82, 2.24) is 0 Å². The molecule has 0 atom stereocenters. The Balaban J connectivity index is 2.04. The fourth-order valence-corrected chi connectivity index (χ4v) is 2.85. The number of ether oxygens (including phenoxy) is 2. The Morgan fingerprint density at radius 1 is 1.00 bits per heavy atom.